The van der Waals surface area contributed by atoms with Crippen LogP contribution in [0.25, 0.3) is 22.4 Å². The van der Waals surface area contributed by atoms with Crippen molar-refractivity contribution in [2.75, 3.05) is 13.2 Å². The van der Waals surface area contributed by atoms with E-state index in [1.807, 2.05) is 24.5 Å². The molecule has 0 atom stereocenters. The Labute approximate surface area is 228 Å². The molecule has 0 saturated heterocycles. The van der Waals surface area contributed by atoms with Gasteiger partial charge in [0.1, 0.15) is 11.8 Å². The van der Waals surface area contributed by atoms with Gasteiger partial charge >= 0.3 is 11.9 Å². The molecule has 0 spiro atoms. The van der Waals surface area contributed by atoms with Crippen molar-refractivity contribution >= 4 is 23.1 Å². The van der Waals surface area contributed by atoms with Gasteiger partial charge in [-0.05, 0) is 67.9 Å². The molecule has 0 amide bonds. The van der Waals surface area contributed by atoms with E-state index >= 15 is 0 Å². The van der Waals surface area contributed by atoms with Crippen molar-refractivity contribution in [1.82, 2.24) is 19.5 Å². The summed E-state index contributed by atoms with van der Waals surface area (Å²) in [6.45, 7) is 6.71. The van der Waals surface area contributed by atoms with E-state index in [9.17, 15) is 9.59 Å². The molecule has 1 aliphatic rings. The van der Waals surface area contributed by atoms with Gasteiger partial charge in [-0.3, -0.25) is 9.59 Å². The van der Waals surface area contributed by atoms with Crippen LogP contribution < -0.4 is 0 Å². The van der Waals surface area contributed by atoms with Crippen LogP contribution in [-0.2, 0) is 44.9 Å². The number of esters is 2. The number of carbonyl (C=O) groups excluding carboxylic acids is 2. The molecule has 1 aliphatic carbocycles. The highest BCUT2D eigenvalue weighted by Crippen LogP contribution is 2.43. The van der Waals surface area contributed by atoms with Crippen LogP contribution in [0.1, 0.15) is 55.9 Å². The standard InChI is InChI=1S/C31H34N4O4/c1-4-7-13-22-14-23-16-31(29(36)38-5-2,30(37)39-6-3)17-24(23)15-25(22)26-27-28(33-19-32-26)34-20-35(27)18-21-11-9-8-10-12-21/h8-12,14-15,19-20H,4-7,13,16-18H2,1-3H3. The maximum atomic E-state index is 13.2. The number of hydrogen-bond acceptors (Lipinski definition) is 7. The highest BCUT2D eigenvalue weighted by Gasteiger charge is 2.53. The molecule has 0 bridgehead atoms. The van der Waals surface area contributed by atoms with E-state index < -0.39 is 17.4 Å². The second-order valence-corrected chi connectivity index (χ2v) is 10.0. The lowest BCUT2D eigenvalue weighted by atomic mass is 9.84. The second-order valence-electron chi connectivity index (χ2n) is 10.0. The Bertz CT molecular complexity index is 1480. The van der Waals surface area contributed by atoms with Crippen molar-refractivity contribution in [2.24, 2.45) is 5.41 Å². The fourth-order valence-corrected chi connectivity index (χ4v) is 5.49. The molecule has 5 rings (SSSR count). The van der Waals surface area contributed by atoms with Gasteiger partial charge in [0.2, 0.25) is 0 Å². The second kappa shape index (κ2) is 11.4. The Kier molecular flexibility index (Phi) is 7.72. The summed E-state index contributed by atoms with van der Waals surface area (Å²) in [6, 6.07) is 14.5. The molecule has 0 saturated carbocycles. The highest BCUT2D eigenvalue weighted by atomic mass is 16.6. The monoisotopic (exact) mass is 526 g/mol. The molecule has 8 heteroatoms. The molecule has 0 aliphatic heterocycles. The first-order valence-corrected chi connectivity index (χ1v) is 13.7. The average molecular weight is 527 g/mol. The fourth-order valence-electron chi connectivity index (χ4n) is 5.49. The molecule has 4 aromatic rings. The molecule has 2 aromatic heterocycles. The summed E-state index contributed by atoms with van der Waals surface area (Å²) in [5, 5.41) is 0. The summed E-state index contributed by atoms with van der Waals surface area (Å²) in [5.41, 5.74) is 6.10. The predicted octanol–water partition coefficient (Wildman–Crippen LogP) is 5.10. The van der Waals surface area contributed by atoms with E-state index in [4.69, 9.17) is 14.5 Å². The quantitative estimate of drug-likeness (QED) is 0.210. The smallest absolute Gasteiger partial charge is 0.324 e. The van der Waals surface area contributed by atoms with E-state index in [1.54, 1.807) is 20.2 Å². The summed E-state index contributed by atoms with van der Waals surface area (Å²) < 4.78 is 12.9. The van der Waals surface area contributed by atoms with Crippen molar-refractivity contribution in [1.29, 1.82) is 0 Å². The number of aromatic nitrogens is 4. The number of unbranched alkanes of at least 4 members (excludes halogenated alkanes) is 1. The summed E-state index contributed by atoms with van der Waals surface area (Å²) in [5.74, 6) is -1.05. The number of carbonyl (C=O) groups is 2. The first-order valence-electron chi connectivity index (χ1n) is 13.7. The van der Waals surface area contributed by atoms with E-state index in [0.29, 0.717) is 12.2 Å². The highest BCUT2D eigenvalue weighted by molar-refractivity contribution is 6.02. The van der Waals surface area contributed by atoms with Crippen LogP contribution in [0.2, 0.25) is 0 Å². The van der Waals surface area contributed by atoms with Gasteiger partial charge in [-0.25, -0.2) is 15.0 Å². The fraction of sp³-hybridized carbons (Fsp3) is 0.387. The summed E-state index contributed by atoms with van der Waals surface area (Å²) in [4.78, 5) is 40.1. The largest absolute Gasteiger partial charge is 0.465 e. The Morgan fingerprint density at radius 1 is 0.923 bits per heavy atom. The zero-order valence-electron chi connectivity index (χ0n) is 22.8. The van der Waals surface area contributed by atoms with Crippen molar-refractivity contribution in [3.63, 3.8) is 0 Å². The van der Waals surface area contributed by atoms with Gasteiger partial charge in [0.05, 0.1) is 25.2 Å². The van der Waals surface area contributed by atoms with Gasteiger partial charge in [-0.2, -0.15) is 0 Å². The summed E-state index contributed by atoms with van der Waals surface area (Å²) in [7, 11) is 0. The number of benzene rings is 2. The molecular formula is C31H34N4O4. The molecule has 8 nitrogen and oxygen atoms in total. The normalized spacial score (nSPS) is 13.8. The lowest BCUT2D eigenvalue weighted by Crippen LogP contribution is -2.43. The van der Waals surface area contributed by atoms with Crippen LogP contribution in [0, 0.1) is 5.41 Å². The molecule has 39 heavy (non-hydrogen) atoms. The number of ether oxygens (including phenoxy) is 2. The Hall–Kier alpha value is -4.07. The van der Waals surface area contributed by atoms with Crippen molar-refractivity contribution in [3.05, 3.63) is 77.4 Å². The Balaban J connectivity index is 1.63. The summed E-state index contributed by atoms with van der Waals surface area (Å²) >= 11 is 0. The lowest BCUT2D eigenvalue weighted by Gasteiger charge is -2.23. The molecule has 2 heterocycles. The third-order valence-corrected chi connectivity index (χ3v) is 7.40. The van der Waals surface area contributed by atoms with Crippen molar-refractivity contribution in [2.45, 2.75) is 59.4 Å². The number of hydrogen-bond donors (Lipinski definition) is 0. The number of imidazole rings is 1. The van der Waals surface area contributed by atoms with E-state index in [0.717, 1.165) is 58.3 Å². The Morgan fingerprint density at radius 3 is 2.28 bits per heavy atom. The van der Waals surface area contributed by atoms with Gasteiger partial charge in [0.25, 0.3) is 0 Å². The molecule has 2 aromatic carbocycles. The van der Waals surface area contributed by atoms with Crippen LogP contribution in [0.4, 0.5) is 0 Å². The average Bonchev–Trinajstić information content (AvgIpc) is 3.54. The van der Waals surface area contributed by atoms with Gasteiger partial charge in [-0.15, -0.1) is 0 Å². The molecular weight excluding hydrogens is 492 g/mol. The Morgan fingerprint density at radius 2 is 1.62 bits per heavy atom. The lowest BCUT2D eigenvalue weighted by molar-refractivity contribution is -0.171. The minimum absolute atomic E-state index is 0.202. The van der Waals surface area contributed by atoms with Crippen LogP contribution in [-0.4, -0.2) is 44.7 Å². The van der Waals surface area contributed by atoms with Crippen molar-refractivity contribution in [3.8, 4) is 11.3 Å². The van der Waals surface area contributed by atoms with Gasteiger partial charge < -0.3 is 14.0 Å². The minimum atomic E-state index is -1.37. The van der Waals surface area contributed by atoms with Gasteiger partial charge in [-0.1, -0.05) is 49.7 Å². The third kappa shape index (κ3) is 5.03. The molecule has 0 unspecified atom stereocenters. The van der Waals surface area contributed by atoms with Crippen LogP contribution in [0.3, 0.4) is 0 Å². The maximum Gasteiger partial charge on any atom is 0.324 e. The number of fused-ring (bicyclic) bond motifs is 2. The number of aryl methyl sites for hydroxylation is 1. The summed E-state index contributed by atoms with van der Waals surface area (Å²) in [6.07, 6.45) is 6.76. The first kappa shape index (κ1) is 26.5. The van der Waals surface area contributed by atoms with E-state index in [-0.39, 0.29) is 26.1 Å². The van der Waals surface area contributed by atoms with E-state index in [2.05, 4.69) is 45.7 Å². The maximum absolute atomic E-state index is 13.2. The van der Waals surface area contributed by atoms with Gasteiger partial charge in [0.15, 0.2) is 11.1 Å². The molecule has 0 N–H and O–H groups in total. The van der Waals surface area contributed by atoms with Crippen LogP contribution >= 0.6 is 0 Å². The molecule has 202 valence electrons. The SMILES string of the molecule is CCCCc1cc2c(cc1-c1ncnc3ncn(Cc4ccccc4)c13)CC(C(=O)OCC)(C(=O)OCC)C2. The topological polar surface area (TPSA) is 96.2 Å². The number of rotatable bonds is 10. The predicted molar refractivity (Wildman–Crippen MR) is 148 cm³/mol. The zero-order chi connectivity index (χ0) is 27.4. The van der Waals surface area contributed by atoms with Crippen LogP contribution in [0.15, 0.2) is 55.1 Å². The van der Waals surface area contributed by atoms with E-state index in [1.165, 1.54) is 0 Å². The molecule has 0 radical (unpaired) electrons. The third-order valence-electron chi connectivity index (χ3n) is 7.40. The van der Waals surface area contributed by atoms with Crippen molar-refractivity contribution < 1.29 is 19.1 Å². The molecule has 0 fully saturated rings. The first-order chi connectivity index (χ1) is 19.0. The number of nitrogens with zero attached hydrogens (tertiary/aromatic N) is 4. The van der Waals surface area contributed by atoms with Gasteiger partial charge in [0, 0.05) is 12.1 Å². The zero-order valence-corrected chi connectivity index (χ0v) is 22.8. The minimum Gasteiger partial charge on any atom is -0.465 e. The van der Waals surface area contributed by atoms with Crippen LogP contribution in [0.5, 0.6) is 0 Å².